The number of benzene rings is 1. The number of imidazole rings is 1. The van der Waals surface area contributed by atoms with Crippen molar-refractivity contribution in [3.8, 4) is 11.5 Å². The summed E-state index contributed by atoms with van der Waals surface area (Å²) in [5.41, 5.74) is 7.93. The second-order valence-corrected chi connectivity index (χ2v) is 4.94. The van der Waals surface area contributed by atoms with E-state index in [9.17, 15) is 0 Å². The highest BCUT2D eigenvalue weighted by Gasteiger charge is 2.16. The van der Waals surface area contributed by atoms with Crippen LogP contribution in [0.5, 0.6) is 11.5 Å². The van der Waals surface area contributed by atoms with Crippen LogP contribution in [0.3, 0.4) is 0 Å². The molecule has 0 saturated carbocycles. The Hall–Kier alpha value is -1.79. The van der Waals surface area contributed by atoms with Crippen LogP contribution in [0.1, 0.15) is 19.2 Å². The molecular formula is C15H23N3O3. The molecule has 0 aliphatic heterocycles. The number of rotatable bonds is 7. The molecule has 0 spiro atoms. The molecule has 0 aliphatic rings. The van der Waals surface area contributed by atoms with E-state index in [2.05, 4.69) is 16.5 Å². The second-order valence-electron chi connectivity index (χ2n) is 4.94. The lowest BCUT2D eigenvalue weighted by atomic mass is 10.2. The summed E-state index contributed by atoms with van der Waals surface area (Å²) in [4.78, 5) is 4.62. The van der Waals surface area contributed by atoms with Gasteiger partial charge in [-0.3, -0.25) is 0 Å². The van der Waals surface area contributed by atoms with Crippen LogP contribution < -0.4 is 15.2 Å². The molecule has 0 aliphatic carbocycles. The maximum atomic E-state index is 6.10. The monoisotopic (exact) mass is 293 g/mol. The highest BCUT2D eigenvalue weighted by molar-refractivity contribution is 5.80. The number of ether oxygens (including phenoxy) is 3. The minimum Gasteiger partial charge on any atom is -0.493 e. The van der Waals surface area contributed by atoms with E-state index in [4.69, 9.17) is 19.9 Å². The lowest BCUT2D eigenvalue weighted by Gasteiger charge is -2.14. The molecule has 2 N–H and O–H groups in total. The third-order valence-corrected chi connectivity index (χ3v) is 3.55. The van der Waals surface area contributed by atoms with E-state index < -0.39 is 0 Å². The van der Waals surface area contributed by atoms with Crippen LogP contribution in [-0.4, -0.2) is 36.9 Å². The zero-order valence-electron chi connectivity index (χ0n) is 13.0. The first-order valence-corrected chi connectivity index (χ1v) is 7.00. The number of methoxy groups -OCH3 is 3. The van der Waals surface area contributed by atoms with Gasteiger partial charge in [0.05, 0.1) is 25.3 Å². The normalized spacial score (nSPS) is 12.6. The van der Waals surface area contributed by atoms with Crippen LogP contribution in [0, 0.1) is 0 Å². The molecule has 1 atom stereocenters. The van der Waals surface area contributed by atoms with Crippen molar-refractivity contribution >= 4 is 11.0 Å². The van der Waals surface area contributed by atoms with Gasteiger partial charge in [0, 0.05) is 31.8 Å². The largest absolute Gasteiger partial charge is 0.493 e. The van der Waals surface area contributed by atoms with E-state index in [1.165, 1.54) is 0 Å². The van der Waals surface area contributed by atoms with Gasteiger partial charge >= 0.3 is 0 Å². The van der Waals surface area contributed by atoms with Crippen LogP contribution in [-0.2, 0) is 17.9 Å². The van der Waals surface area contributed by atoms with Crippen molar-refractivity contribution in [1.29, 1.82) is 0 Å². The molecule has 1 aromatic carbocycles. The van der Waals surface area contributed by atoms with Gasteiger partial charge in [0.15, 0.2) is 11.5 Å². The maximum absolute atomic E-state index is 6.10. The molecule has 0 saturated heterocycles. The summed E-state index contributed by atoms with van der Waals surface area (Å²) < 4.78 is 18.0. The fourth-order valence-electron chi connectivity index (χ4n) is 2.31. The SMILES string of the molecule is CCC(N)Cn1c(COC)nc2cc(OC)c(OC)cc21. The minimum atomic E-state index is 0.0751. The lowest BCUT2D eigenvalue weighted by molar-refractivity contribution is 0.174. The number of hydrogen-bond acceptors (Lipinski definition) is 5. The Labute approximate surface area is 124 Å². The summed E-state index contributed by atoms with van der Waals surface area (Å²) in [6.45, 7) is 3.21. The van der Waals surface area contributed by atoms with E-state index in [-0.39, 0.29) is 6.04 Å². The maximum Gasteiger partial charge on any atom is 0.163 e. The number of fused-ring (bicyclic) bond motifs is 1. The Morgan fingerprint density at radius 3 is 2.43 bits per heavy atom. The van der Waals surface area contributed by atoms with Gasteiger partial charge in [-0.15, -0.1) is 0 Å². The molecule has 0 amide bonds. The van der Waals surface area contributed by atoms with Gasteiger partial charge in [0.1, 0.15) is 12.4 Å². The van der Waals surface area contributed by atoms with Crippen molar-refractivity contribution in [3.05, 3.63) is 18.0 Å². The molecule has 21 heavy (non-hydrogen) atoms. The summed E-state index contributed by atoms with van der Waals surface area (Å²) in [7, 11) is 4.90. The second kappa shape index (κ2) is 6.78. The fourth-order valence-corrected chi connectivity index (χ4v) is 2.31. The molecule has 0 radical (unpaired) electrons. The zero-order valence-corrected chi connectivity index (χ0v) is 13.0. The number of nitrogens with zero attached hydrogens (tertiary/aromatic N) is 2. The van der Waals surface area contributed by atoms with Gasteiger partial charge in [-0.25, -0.2) is 4.98 Å². The van der Waals surface area contributed by atoms with E-state index in [0.717, 1.165) is 23.3 Å². The molecule has 116 valence electrons. The summed E-state index contributed by atoms with van der Waals surface area (Å²) in [5.74, 6) is 2.20. The van der Waals surface area contributed by atoms with Crippen molar-refractivity contribution in [1.82, 2.24) is 9.55 Å². The van der Waals surface area contributed by atoms with E-state index in [0.29, 0.717) is 24.7 Å². The van der Waals surface area contributed by atoms with E-state index in [1.54, 1.807) is 21.3 Å². The van der Waals surface area contributed by atoms with Gasteiger partial charge in [-0.05, 0) is 6.42 Å². The average Bonchev–Trinajstić information content (AvgIpc) is 2.82. The van der Waals surface area contributed by atoms with Crippen molar-refractivity contribution in [2.45, 2.75) is 32.5 Å². The van der Waals surface area contributed by atoms with E-state index in [1.807, 2.05) is 12.1 Å². The number of aromatic nitrogens is 2. The molecule has 1 aromatic heterocycles. The Morgan fingerprint density at radius 2 is 1.86 bits per heavy atom. The van der Waals surface area contributed by atoms with Crippen LogP contribution in [0.4, 0.5) is 0 Å². The van der Waals surface area contributed by atoms with Crippen molar-refractivity contribution in [2.75, 3.05) is 21.3 Å². The molecule has 1 unspecified atom stereocenters. The van der Waals surface area contributed by atoms with Crippen molar-refractivity contribution < 1.29 is 14.2 Å². The van der Waals surface area contributed by atoms with Crippen LogP contribution >= 0.6 is 0 Å². The first-order chi connectivity index (χ1) is 10.1. The highest BCUT2D eigenvalue weighted by Crippen LogP contribution is 2.32. The lowest BCUT2D eigenvalue weighted by Crippen LogP contribution is -2.26. The molecule has 0 fully saturated rings. The molecule has 2 rings (SSSR count). The predicted molar refractivity (Wildman–Crippen MR) is 81.8 cm³/mol. The first-order valence-electron chi connectivity index (χ1n) is 7.00. The molecule has 2 aromatic rings. The Morgan fingerprint density at radius 1 is 1.19 bits per heavy atom. The Bertz CT molecular complexity index is 610. The van der Waals surface area contributed by atoms with Gasteiger partial charge < -0.3 is 24.5 Å². The van der Waals surface area contributed by atoms with Crippen molar-refractivity contribution in [3.63, 3.8) is 0 Å². The number of nitrogens with two attached hydrogens (primary N) is 1. The third kappa shape index (κ3) is 3.11. The Balaban J connectivity index is 2.58. The first kappa shape index (κ1) is 15.6. The quantitative estimate of drug-likeness (QED) is 0.844. The molecule has 0 bridgehead atoms. The summed E-state index contributed by atoms with van der Waals surface area (Å²) in [5, 5.41) is 0. The summed E-state index contributed by atoms with van der Waals surface area (Å²) in [6, 6.07) is 3.88. The van der Waals surface area contributed by atoms with Crippen LogP contribution in [0.25, 0.3) is 11.0 Å². The third-order valence-electron chi connectivity index (χ3n) is 3.55. The zero-order chi connectivity index (χ0) is 15.4. The molecule has 6 heteroatoms. The molecule has 1 heterocycles. The van der Waals surface area contributed by atoms with Crippen LogP contribution in [0.2, 0.25) is 0 Å². The van der Waals surface area contributed by atoms with Gasteiger partial charge in [0.2, 0.25) is 0 Å². The average molecular weight is 293 g/mol. The summed E-state index contributed by atoms with van der Waals surface area (Å²) >= 11 is 0. The smallest absolute Gasteiger partial charge is 0.163 e. The minimum absolute atomic E-state index is 0.0751. The topological polar surface area (TPSA) is 71.5 Å². The van der Waals surface area contributed by atoms with Crippen molar-refractivity contribution in [2.24, 2.45) is 5.73 Å². The summed E-state index contributed by atoms with van der Waals surface area (Å²) in [6.07, 6.45) is 0.902. The molecular weight excluding hydrogens is 270 g/mol. The number of hydrogen-bond donors (Lipinski definition) is 1. The van der Waals surface area contributed by atoms with Gasteiger partial charge in [-0.1, -0.05) is 6.92 Å². The van der Waals surface area contributed by atoms with E-state index >= 15 is 0 Å². The van der Waals surface area contributed by atoms with Crippen LogP contribution in [0.15, 0.2) is 12.1 Å². The Kier molecular flexibility index (Phi) is 5.03. The standard InChI is InChI=1S/C15H23N3O3/c1-5-10(16)8-18-12-7-14(21-4)13(20-3)6-11(12)17-15(18)9-19-2/h6-7,10H,5,8-9,16H2,1-4H3. The predicted octanol–water partition coefficient (Wildman–Crippen LogP) is 1.94. The fraction of sp³-hybridized carbons (Fsp3) is 0.533. The highest BCUT2D eigenvalue weighted by atomic mass is 16.5. The van der Waals surface area contributed by atoms with Gasteiger partial charge in [-0.2, -0.15) is 0 Å². The molecule has 6 nitrogen and oxygen atoms in total. The van der Waals surface area contributed by atoms with Gasteiger partial charge in [0.25, 0.3) is 0 Å².